The predicted molar refractivity (Wildman–Crippen MR) is 54.6 cm³/mol. The van der Waals surface area contributed by atoms with Gasteiger partial charge in [0.1, 0.15) is 6.29 Å². The van der Waals surface area contributed by atoms with Crippen LogP contribution in [0.2, 0.25) is 5.22 Å². The molecule has 72 valence electrons. The van der Waals surface area contributed by atoms with Crippen LogP contribution in [0.1, 0.15) is 4.88 Å². The van der Waals surface area contributed by atoms with Gasteiger partial charge in [0.15, 0.2) is 16.0 Å². The van der Waals surface area contributed by atoms with Gasteiger partial charge < -0.3 is 9.21 Å². The molecule has 0 aromatic carbocycles. The molecule has 0 fully saturated rings. The van der Waals surface area contributed by atoms with Crippen LogP contribution in [0.5, 0.6) is 0 Å². The molecule has 2 aromatic rings. The molecule has 0 atom stereocenters. The van der Waals surface area contributed by atoms with Crippen molar-refractivity contribution in [2.45, 2.75) is 6.42 Å². The van der Waals surface area contributed by atoms with Crippen LogP contribution in [0.15, 0.2) is 22.7 Å². The Labute approximate surface area is 89.3 Å². The SMILES string of the molecule is O=CCc1cnc(-c2ccc(Cl)o2)s1. The van der Waals surface area contributed by atoms with Crippen molar-refractivity contribution < 1.29 is 9.21 Å². The monoisotopic (exact) mass is 227 g/mol. The first-order chi connectivity index (χ1) is 6.79. The first-order valence-corrected chi connectivity index (χ1v) is 5.13. The van der Waals surface area contributed by atoms with E-state index in [2.05, 4.69) is 4.98 Å². The first-order valence-electron chi connectivity index (χ1n) is 3.93. The highest BCUT2D eigenvalue weighted by Gasteiger charge is 2.08. The first kappa shape index (κ1) is 9.43. The number of halogens is 1. The third kappa shape index (κ3) is 1.86. The van der Waals surface area contributed by atoms with Crippen LogP contribution >= 0.6 is 22.9 Å². The number of nitrogens with zero attached hydrogens (tertiary/aromatic N) is 1. The third-order valence-electron chi connectivity index (χ3n) is 1.62. The predicted octanol–water partition coefficient (Wildman–Crippen LogP) is 2.80. The number of hydrogen-bond donors (Lipinski definition) is 0. The lowest BCUT2D eigenvalue weighted by atomic mass is 10.4. The second-order valence-electron chi connectivity index (χ2n) is 2.61. The number of aldehydes is 1. The number of carbonyl (C=O) groups is 1. The molecule has 0 saturated carbocycles. The Bertz CT molecular complexity index is 449. The van der Waals surface area contributed by atoms with E-state index in [9.17, 15) is 4.79 Å². The molecular weight excluding hydrogens is 222 g/mol. The standard InChI is InChI=1S/C9H6ClNO2S/c10-8-2-1-7(13-8)9-11-5-6(14-9)3-4-12/h1-2,4-5H,3H2. The molecule has 0 amide bonds. The Morgan fingerprint density at radius 3 is 3.07 bits per heavy atom. The van der Waals surface area contributed by atoms with Crippen LogP contribution < -0.4 is 0 Å². The summed E-state index contributed by atoms with van der Waals surface area (Å²) in [5, 5.41) is 1.08. The lowest BCUT2D eigenvalue weighted by Gasteiger charge is -1.86. The molecule has 2 aromatic heterocycles. The van der Waals surface area contributed by atoms with Gasteiger partial charge in [0.05, 0.1) is 0 Å². The van der Waals surface area contributed by atoms with Crippen LogP contribution in [0.25, 0.3) is 10.8 Å². The Morgan fingerprint density at radius 2 is 2.43 bits per heavy atom. The van der Waals surface area contributed by atoms with Crippen LogP contribution in [0, 0.1) is 0 Å². The zero-order chi connectivity index (χ0) is 9.97. The van der Waals surface area contributed by atoms with Gasteiger partial charge in [-0.1, -0.05) is 0 Å². The lowest BCUT2D eigenvalue weighted by Crippen LogP contribution is -1.76. The third-order valence-corrected chi connectivity index (χ3v) is 2.86. The normalized spacial score (nSPS) is 10.4. The fourth-order valence-corrected chi connectivity index (χ4v) is 1.99. The second kappa shape index (κ2) is 3.94. The van der Waals surface area contributed by atoms with Gasteiger partial charge in [-0.3, -0.25) is 0 Å². The molecular formula is C9H6ClNO2S. The van der Waals surface area contributed by atoms with Gasteiger partial charge in [-0.2, -0.15) is 0 Å². The maximum atomic E-state index is 10.3. The zero-order valence-corrected chi connectivity index (χ0v) is 8.64. The molecule has 0 aliphatic carbocycles. The van der Waals surface area contributed by atoms with E-state index < -0.39 is 0 Å². The molecule has 0 saturated heterocycles. The maximum absolute atomic E-state index is 10.3. The Kier molecular flexibility index (Phi) is 2.65. The van der Waals surface area contributed by atoms with Gasteiger partial charge in [0.2, 0.25) is 0 Å². The fourth-order valence-electron chi connectivity index (χ4n) is 1.03. The summed E-state index contributed by atoms with van der Waals surface area (Å²) >= 11 is 7.06. The van der Waals surface area contributed by atoms with E-state index in [4.69, 9.17) is 16.0 Å². The summed E-state index contributed by atoms with van der Waals surface area (Å²) in [6.07, 6.45) is 2.92. The van der Waals surface area contributed by atoms with E-state index in [1.165, 1.54) is 11.3 Å². The summed E-state index contributed by atoms with van der Waals surface area (Å²) in [6.45, 7) is 0. The maximum Gasteiger partial charge on any atom is 0.194 e. The summed E-state index contributed by atoms with van der Waals surface area (Å²) < 4.78 is 5.19. The molecule has 14 heavy (non-hydrogen) atoms. The number of carbonyl (C=O) groups excluding carboxylic acids is 1. The van der Waals surface area contributed by atoms with E-state index in [1.54, 1.807) is 18.3 Å². The van der Waals surface area contributed by atoms with Crippen LogP contribution in [-0.4, -0.2) is 11.3 Å². The van der Waals surface area contributed by atoms with Crippen molar-refractivity contribution in [3.8, 4) is 10.8 Å². The average molecular weight is 228 g/mol. The van der Waals surface area contributed by atoms with Crippen molar-refractivity contribution in [1.29, 1.82) is 0 Å². The van der Waals surface area contributed by atoms with Crippen molar-refractivity contribution in [3.63, 3.8) is 0 Å². The number of thiazole rings is 1. The number of hydrogen-bond acceptors (Lipinski definition) is 4. The molecule has 0 spiro atoms. The summed E-state index contributed by atoms with van der Waals surface area (Å²) in [5.74, 6) is 0.636. The van der Waals surface area contributed by atoms with Crippen molar-refractivity contribution in [3.05, 3.63) is 28.4 Å². The van der Waals surface area contributed by atoms with Crippen LogP contribution in [-0.2, 0) is 11.2 Å². The summed E-state index contributed by atoms with van der Waals surface area (Å²) in [5.41, 5.74) is 0. The van der Waals surface area contributed by atoms with E-state index in [0.717, 1.165) is 16.2 Å². The molecule has 0 N–H and O–H groups in total. The van der Waals surface area contributed by atoms with Gasteiger partial charge in [-0.25, -0.2) is 4.98 Å². The largest absolute Gasteiger partial charge is 0.442 e. The molecule has 2 heterocycles. The summed E-state index contributed by atoms with van der Waals surface area (Å²) in [4.78, 5) is 15.3. The second-order valence-corrected chi connectivity index (χ2v) is 4.09. The van der Waals surface area contributed by atoms with Gasteiger partial charge in [-0.15, -0.1) is 11.3 Å². The van der Waals surface area contributed by atoms with E-state index >= 15 is 0 Å². The minimum Gasteiger partial charge on any atom is -0.442 e. The van der Waals surface area contributed by atoms with Crippen molar-refractivity contribution in [2.75, 3.05) is 0 Å². The van der Waals surface area contributed by atoms with Crippen LogP contribution in [0.3, 0.4) is 0 Å². The Hall–Kier alpha value is -1.13. The Morgan fingerprint density at radius 1 is 1.57 bits per heavy atom. The van der Waals surface area contributed by atoms with E-state index in [-0.39, 0.29) is 0 Å². The minimum absolute atomic E-state index is 0.340. The summed E-state index contributed by atoms with van der Waals surface area (Å²) in [7, 11) is 0. The molecule has 0 unspecified atom stereocenters. The van der Waals surface area contributed by atoms with Gasteiger partial charge in [0, 0.05) is 17.5 Å². The molecule has 0 radical (unpaired) electrons. The molecule has 3 nitrogen and oxygen atoms in total. The smallest absolute Gasteiger partial charge is 0.194 e. The van der Waals surface area contributed by atoms with E-state index in [0.29, 0.717) is 17.4 Å². The summed E-state index contributed by atoms with van der Waals surface area (Å²) in [6, 6.07) is 3.42. The highest BCUT2D eigenvalue weighted by Crippen LogP contribution is 2.28. The van der Waals surface area contributed by atoms with E-state index in [1.807, 2.05) is 0 Å². The highest BCUT2D eigenvalue weighted by molar-refractivity contribution is 7.15. The number of rotatable bonds is 3. The van der Waals surface area contributed by atoms with Crippen molar-refractivity contribution >= 4 is 29.2 Å². The topological polar surface area (TPSA) is 43.1 Å². The van der Waals surface area contributed by atoms with Gasteiger partial charge >= 0.3 is 0 Å². The Balaban J connectivity index is 2.28. The number of aromatic nitrogens is 1. The fraction of sp³-hybridized carbons (Fsp3) is 0.111. The molecule has 5 heteroatoms. The molecule has 0 aliphatic heterocycles. The van der Waals surface area contributed by atoms with Gasteiger partial charge in [-0.05, 0) is 23.7 Å². The van der Waals surface area contributed by atoms with Crippen LogP contribution in [0.4, 0.5) is 0 Å². The molecule has 0 aliphatic rings. The van der Waals surface area contributed by atoms with Crippen molar-refractivity contribution in [1.82, 2.24) is 4.98 Å². The van der Waals surface area contributed by atoms with Gasteiger partial charge in [0.25, 0.3) is 0 Å². The molecule has 0 bridgehead atoms. The average Bonchev–Trinajstić information content (AvgIpc) is 2.74. The van der Waals surface area contributed by atoms with Crippen molar-refractivity contribution in [2.24, 2.45) is 0 Å². The lowest BCUT2D eigenvalue weighted by molar-refractivity contribution is -0.107. The number of furan rings is 1. The highest BCUT2D eigenvalue weighted by atomic mass is 35.5. The quantitative estimate of drug-likeness (QED) is 0.758. The minimum atomic E-state index is 0.340. The zero-order valence-electron chi connectivity index (χ0n) is 7.07. The molecule has 2 rings (SSSR count).